The first-order chi connectivity index (χ1) is 14.5. The van der Waals surface area contributed by atoms with Crippen LogP contribution in [0.2, 0.25) is 0 Å². The van der Waals surface area contributed by atoms with Gasteiger partial charge in [-0.2, -0.15) is 0 Å². The zero-order valence-corrected chi connectivity index (χ0v) is 20.6. The van der Waals surface area contributed by atoms with E-state index < -0.39 is 0 Å². The molecule has 0 aliphatic carbocycles. The topological polar surface area (TPSA) is 54.9 Å². The second kappa shape index (κ2) is 12.1. The number of anilines is 1. The molecule has 168 valence electrons. The third kappa shape index (κ3) is 6.49. The van der Waals surface area contributed by atoms with Gasteiger partial charge in [0, 0.05) is 11.4 Å². The number of hydrogen-bond donors (Lipinski definition) is 0. The molecule has 0 spiro atoms. The molecule has 1 aromatic heterocycles. The lowest BCUT2D eigenvalue weighted by Gasteiger charge is -2.21. The summed E-state index contributed by atoms with van der Waals surface area (Å²) in [6.45, 7) is 1.50. The van der Waals surface area contributed by atoms with Crippen molar-refractivity contribution in [1.82, 2.24) is 9.88 Å². The lowest BCUT2D eigenvalue weighted by molar-refractivity contribution is -0.116. The minimum Gasteiger partial charge on any atom is -0.495 e. The number of methoxy groups -OCH3 is 2. The number of amides is 1. The Balaban J connectivity index is 0.00000341. The zero-order chi connectivity index (χ0) is 21.5. The fourth-order valence-electron chi connectivity index (χ4n) is 3.00. The Kier molecular flexibility index (Phi) is 9.90. The SMILES string of the molecule is COc1ccc(OC)c2sc(N(CCCN(C)C)C(=O)CSc3ccccc3)nc12.Cl. The van der Waals surface area contributed by atoms with Gasteiger partial charge in [-0.25, -0.2) is 4.98 Å². The second-order valence-corrected chi connectivity index (χ2v) is 8.97. The van der Waals surface area contributed by atoms with Crippen LogP contribution in [0.1, 0.15) is 6.42 Å². The normalized spacial score (nSPS) is 10.7. The molecule has 2 aromatic carbocycles. The van der Waals surface area contributed by atoms with Crippen LogP contribution in [-0.4, -0.2) is 62.9 Å². The standard InChI is InChI=1S/C22H27N3O3S2.ClH/c1-24(2)13-8-14-25(19(26)15-29-16-9-6-5-7-10-16)22-23-20-17(27-3)11-12-18(28-4)21(20)30-22;/h5-7,9-12H,8,13-15H2,1-4H3;1H. The zero-order valence-electron chi connectivity index (χ0n) is 18.2. The molecule has 0 aliphatic heterocycles. The number of carbonyl (C=O) groups excluding carboxylic acids is 1. The van der Waals surface area contributed by atoms with Crippen molar-refractivity contribution in [1.29, 1.82) is 0 Å². The van der Waals surface area contributed by atoms with Crippen molar-refractivity contribution >= 4 is 56.8 Å². The molecule has 0 aliphatic rings. The van der Waals surface area contributed by atoms with Crippen LogP contribution in [0.3, 0.4) is 0 Å². The molecule has 9 heteroatoms. The maximum Gasteiger partial charge on any atom is 0.239 e. The maximum absolute atomic E-state index is 13.2. The van der Waals surface area contributed by atoms with E-state index in [1.165, 1.54) is 23.1 Å². The van der Waals surface area contributed by atoms with Gasteiger partial charge in [-0.15, -0.1) is 24.2 Å². The predicted molar refractivity (Wildman–Crippen MR) is 133 cm³/mol. The Morgan fingerprint density at radius 1 is 1.03 bits per heavy atom. The summed E-state index contributed by atoms with van der Waals surface area (Å²) in [5.41, 5.74) is 0.720. The first kappa shape index (κ1) is 25.3. The summed E-state index contributed by atoms with van der Waals surface area (Å²) in [6, 6.07) is 13.7. The quantitative estimate of drug-likeness (QED) is 0.387. The van der Waals surface area contributed by atoms with Gasteiger partial charge in [-0.05, 0) is 51.3 Å². The summed E-state index contributed by atoms with van der Waals surface area (Å²) in [6.07, 6.45) is 0.860. The molecule has 0 saturated carbocycles. The van der Waals surface area contributed by atoms with E-state index in [0.29, 0.717) is 23.2 Å². The molecule has 0 fully saturated rings. The molecule has 0 bridgehead atoms. The Morgan fingerprint density at radius 2 is 1.71 bits per heavy atom. The van der Waals surface area contributed by atoms with Crippen molar-refractivity contribution in [3.8, 4) is 11.5 Å². The third-order valence-electron chi connectivity index (χ3n) is 4.52. The van der Waals surface area contributed by atoms with E-state index in [1.54, 1.807) is 19.1 Å². The van der Waals surface area contributed by atoms with Crippen LogP contribution in [0, 0.1) is 0 Å². The van der Waals surface area contributed by atoms with Crippen LogP contribution in [0.5, 0.6) is 11.5 Å². The van der Waals surface area contributed by atoms with E-state index in [1.807, 2.05) is 56.6 Å². The van der Waals surface area contributed by atoms with Crippen LogP contribution in [0.15, 0.2) is 47.4 Å². The average Bonchev–Trinajstić information content (AvgIpc) is 3.20. The largest absolute Gasteiger partial charge is 0.495 e. The minimum atomic E-state index is 0. The van der Waals surface area contributed by atoms with Crippen molar-refractivity contribution < 1.29 is 14.3 Å². The van der Waals surface area contributed by atoms with Crippen LogP contribution < -0.4 is 14.4 Å². The summed E-state index contributed by atoms with van der Waals surface area (Å²) >= 11 is 3.00. The van der Waals surface area contributed by atoms with E-state index in [-0.39, 0.29) is 18.3 Å². The number of hydrogen-bond acceptors (Lipinski definition) is 7. The number of rotatable bonds is 10. The Hall–Kier alpha value is -2.00. The highest BCUT2D eigenvalue weighted by Gasteiger charge is 2.22. The number of nitrogens with zero attached hydrogens (tertiary/aromatic N) is 3. The van der Waals surface area contributed by atoms with Gasteiger partial charge in [0.2, 0.25) is 5.91 Å². The minimum absolute atomic E-state index is 0. The van der Waals surface area contributed by atoms with Gasteiger partial charge in [0.15, 0.2) is 5.13 Å². The van der Waals surface area contributed by atoms with Crippen LogP contribution >= 0.6 is 35.5 Å². The molecular weight excluding hydrogens is 454 g/mol. The fraction of sp³-hybridized carbons (Fsp3) is 0.364. The van der Waals surface area contributed by atoms with Gasteiger partial charge >= 0.3 is 0 Å². The highest BCUT2D eigenvalue weighted by Crippen LogP contribution is 2.40. The molecule has 0 unspecified atom stereocenters. The van der Waals surface area contributed by atoms with Crippen LogP contribution in [-0.2, 0) is 4.79 Å². The molecule has 3 rings (SSSR count). The number of benzene rings is 2. The monoisotopic (exact) mass is 481 g/mol. The van der Waals surface area contributed by atoms with E-state index in [9.17, 15) is 4.79 Å². The first-order valence-corrected chi connectivity index (χ1v) is 11.5. The average molecular weight is 482 g/mol. The van der Waals surface area contributed by atoms with Crippen molar-refractivity contribution in [2.24, 2.45) is 0 Å². The second-order valence-electron chi connectivity index (χ2n) is 6.95. The van der Waals surface area contributed by atoms with E-state index in [2.05, 4.69) is 4.90 Å². The van der Waals surface area contributed by atoms with Gasteiger partial charge in [0.1, 0.15) is 21.7 Å². The summed E-state index contributed by atoms with van der Waals surface area (Å²) in [5, 5.41) is 0.671. The van der Waals surface area contributed by atoms with Crippen LogP contribution in [0.4, 0.5) is 5.13 Å². The summed E-state index contributed by atoms with van der Waals surface area (Å²) in [7, 11) is 7.32. The molecule has 1 amide bonds. The van der Waals surface area contributed by atoms with Crippen molar-refractivity contribution in [2.45, 2.75) is 11.3 Å². The molecular formula is C22H28ClN3O3S2. The van der Waals surface area contributed by atoms with E-state index in [4.69, 9.17) is 14.5 Å². The number of halogens is 1. The molecule has 0 saturated heterocycles. The lowest BCUT2D eigenvalue weighted by Crippen LogP contribution is -2.34. The smallest absolute Gasteiger partial charge is 0.239 e. The van der Waals surface area contributed by atoms with Gasteiger partial charge in [0.25, 0.3) is 0 Å². The number of fused-ring (bicyclic) bond motifs is 1. The number of ether oxygens (including phenoxy) is 2. The Labute approximate surface area is 197 Å². The van der Waals surface area contributed by atoms with Crippen LogP contribution in [0.25, 0.3) is 10.2 Å². The van der Waals surface area contributed by atoms with Gasteiger partial charge in [-0.1, -0.05) is 29.5 Å². The number of thiazole rings is 1. The molecule has 0 N–H and O–H groups in total. The summed E-state index contributed by atoms with van der Waals surface area (Å²) in [4.78, 5) is 22.9. The van der Waals surface area contributed by atoms with Crippen molar-refractivity contribution in [3.05, 3.63) is 42.5 Å². The molecule has 31 heavy (non-hydrogen) atoms. The predicted octanol–water partition coefficient (Wildman–Crippen LogP) is 4.81. The van der Waals surface area contributed by atoms with Gasteiger partial charge in [-0.3, -0.25) is 9.69 Å². The highest BCUT2D eigenvalue weighted by molar-refractivity contribution is 8.00. The third-order valence-corrected chi connectivity index (χ3v) is 6.61. The molecule has 6 nitrogen and oxygen atoms in total. The maximum atomic E-state index is 13.2. The summed E-state index contributed by atoms with van der Waals surface area (Å²) < 4.78 is 11.9. The lowest BCUT2D eigenvalue weighted by atomic mass is 10.3. The number of thioether (sulfide) groups is 1. The molecule has 0 radical (unpaired) electrons. The van der Waals surface area contributed by atoms with E-state index >= 15 is 0 Å². The number of aromatic nitrogens is 1. The molecule has 1 heterocycles. The Bertz CT molecular complexity index is 942. The van der Waals surface area contributed by atoms with Gasteiger partial charge < -0.3 is 14.4 Å². The van der Waals surface area contributed by atoms with E-state index in [0.717, 1.165) is 33.8 Å². The summed E-state index contributed by atoms with van der Waals surface area (Å²) in [5.74, 6) is 1.80. The first-order valence-electron chi connectivity index (χ1n) is 9.68. The van der Waals surface area contributed by atoms with Crippen molar-refractivity contribution in [3.63, 3.8) is 0 Å². The Morgan fingerprint density at radius 3 is 2.35 bits per heavy atom. The van der Waals surface area contributed by atoms with Gasteiger partial charge in [0.05, 0.1) is 20.0 Å². The molecule has 0 atom stereocenters. The number of carbonyl (C=O) groups is 1. The molecule has 3 aromatic rings. The fourth-order valence-corrected chi connectivity index (χ4v) is 4.91. The van der Waals surface area contributed by atoms with Crippen molar-refractivity contribution in [2.75, 3.05) is 52.1 Å². The highest BCUT2D eigenvalue weighted by atomic mass is 35.5.